The van der Waals surface area contributed by atoms with Crippen molar-refractivity contribution in [1.82, 2.24) is 9.55 Å². The van der Waals surface area contributed by atoms with Gasteiger partial charge in [-0.25, -0.2) is 4.57 Å². The molecule has 0 spiro atoms. The Bertz CT molecular complexity index is 1340. The van der Waals surface area contributed by atoms with Crippen molar-refractivity contribution in [1.29, 1.82) is 0 Å². The van der Waals surface area contributed by atoms with E-state index in [1.165, 1.54) is 4.57 Å². The first-order valence-electron chi connectivity index (χ1n) is 11.4. The summed E-state index contributed by atoms with van der Waals surface area (Å²) in [6.45, 7) is 1.18. The third-order valence-corrected chi connectivity index (χ3v) is 6.24. The molecule has 0 radical (unpaired) electrons. The lowest BCUT2D eigenvalue weighted by atomic mass is 10.1. The number of para-hydroxylation sites is 1. The Labute approximate surface area is 196 Å². The predicted molar refractivity (Wildman–Crippen MR) is 125 cm³/mol. The highest BCUT2D eigenvalue weighted by Crippen LogP contribution is 2.40. The normalized spacial score (nSPS) is 22.9. The van der Waals surface area contributed by atoms with Gasteiger partial charge in [0.2, 0.25) is 0 Å². The molecule has 34 heavy (non-hydrogen) atoms. The van der Waals surface area contributed by atoms with Crippen LogP contribution in [0, 0.1) is 0 Å². The summed E-state index contributed by atoms with van der Waals surface area (Å²) in [5.41, 5.74) is 2.55. The van der Waals surface area contributed by atoms with Crippen LogP contribution >= 0.6 is 0 Å². The third kappa shape index (κ3) is 3.88. The molecule has 0 amide bonds. The van der Waals surface area contributed by atoms with Crippen LogP contribution in [0.4, 0.5) is 0 Å². The lowest BCUT2D eigenvalue weighted by molar-refractivity contribution is -0.0864. The molecule has 1 saturated heterocycles. The molecule has 2 aliphatic heterocycles. The molecule has 0 saturated carbocycles. The molecule has 1 aromatic heterocycles. The van der Waals surface area contributed by atoms with E-state index in [0.717, 1.165) is 11.1 Å². The first-order valence-corrected chi connectivity index (χ1v) is 11.4. The summed E-state index contributed by atoms with van der Waals surface area (Å²) in [6, 6.07) is 27.4. The largest absolute Gasteiger partial charge is 0.453 e. The van der Waals surface area contributed by atoms with Crippen LogP contribution in [-0.2, 0) is 27.4 Å². The zero-order valence-electron chi connectivity index (χ0n) is 18.4. The van der Waals surface area contributed by atoms with Crippen LogP contribution in [0.25, 0.3) is 10.9 Å². The fourth-order valence-corrected chi connectivity index (χ4v) is 4.57. The predicted octanol–water partition coefficient (Wildman–Crippen LogP) is 3.86. The highest BCUT2D eigenvalue weighted by molar-refractivity contribution is 5.77. The topological polar surface area (TPSA) is 71.8 Å². The van der Waals surface area contributed by atoms with Gasteiger partial charge in [-0.2, -0.15) is 4.98 Å². The molecule has 1 fully saturated rings. The molecule has 4 aromatic rings. The summed E-state index contributed by atoms with van der Waals surface area (Å²) in [6.07, 6.45) is -1.93. The maximum absolute atomic E-state index is 13.2. The monoisotopic (exact) mass is 456 g/mol. The van der Waals surface area contributed by atoms with Gasteiger partial charge in [0, 0.05) is 0 Å². The van der Waals surface area contributed by atoms with Gasteiger partial charge >= 0.3 is 6.01 Å². The van der Waals surface area contributed by atoms with Crippen molar-refractivity contribution in [2.45, 2.75) is 37.8 Å². The quantitative estimate of drug-likeness (QED) is 0.421. The van der Waals surface area contributed by atoms with Gasteiger partial charge in [-0.15, -0.1) is 0 Å². The van der Waals surface area contributed by atoms with E-state index in [2.05, 4.69) is 4.98 Å². The molecule has 172 valence electrons. The second-order valence-corrected chi connectivity index (χ2v) is 8.50. The number of nitrogens with zero attached hydrogens (tertiary/aromatic N) is 2. The number of benzene rings is 3. The maximum Gasteiger partial charge on any atom is 0.302 e. The second kappa shape index (κ2) is 9.02. The van der Waals surface area contributed by atoms with E-state index >= 15 is 0 Å². The van der Waals surface area contributed by atoms with E-state index in [9.17, 15) is 4.79 Å². The minimum absolute atomic E-state index is 0.180. The Hall–Kier alpha value is -3.52. The maximum atomic E-state index is 13.2. The molecule has 4 atom stereocenters. The summed E-state index contributed by atoms with van der Waals surface area (Å²) in [5, 5.41) is 0.532. The van der Waals surface area contributed by atoms with Gasteiger partial charge in [0.05, 0.1) is 30.7 Å². The van der Waals surface area contributed by atoms with E-state index in [1.54, 1.807) is 12.1 Å². The van der Waals surface area contributed by atoms with Gasteiger partial charge in [0.25, 0.3) is 5.56 Å². The summed E-state index contributed by atoms with van der Waals surface area (Å²) in [7, 11) is 0. The smallest absolute Gasteiger partial charge is 0.302 e. The number of hydrogen-bond donors (Lipinski definition) is 0. The van der Waals surface area contributed by atoms with E-state index < -0.39 is 24.5 Å². The van der Waals surface area contributed by atoms with Crippen molar-refractivity contribution in [3.63, 3.8) is 0 Å². The SMILES string of the molecule is O=c1c2ccccc2nc2n1C1O[C@@H](COCc3ccccc3)[C@H](OCc3ccccc3)[C@H]1O2. The van der Waals surface area contributed by atoms with Gasteiger partial charge in [0.15, 0.2) is 12.3 Å². The Balaban J connectivity index is 1.26. The molecule has 7 heteroatoms. The first kappa shape index (κ1) is 21.0. The summed E-state index contributed by atoms with van der Waals surface area (Å²) >= 11 is 0. The Morgan fingerprint density at radius 1 is 0.853 bits per heavy atom. The second-order valence-electron chi connectivity index (χ2n) is 8.50. The number of aromatic nitrogens is 2. The fourth-order valence-electron chi connectivity index (χ4n) is 4.57. The Morgan fingerprint density at radius 3 is 2.29 bits per heavy atom. The zero-order chi connectivity index (χ0) is 22.9. The third-order valence-electron chi connectivity index (χ3n) is 6.24. The molecular weight excluding hydrogens is 432 g/mol. The first-order chi connectivity index (χ1) is 16.8. The molecule has 6 rings (SSSR count). The van der Waals surface area contributed by atoms with Gasteiger partial charge in [-0.05, 0) is 23.3 Å². The van der Waals surface area contributed by atoms with E-state index in [1.807, 2.05) is 72.8 Å². The number of ether oxygens (including phenoxy) is 4. The molecule has 3 aromatic carbocycles. The van der Waals surface area contributed by atoms with Crippen LogP contribution in [0.5, 0.6) is 6.01 Å². The molecular formula is C27H24N2O5. The van der Waals surface area contributed by atoms with Crippen molar-refractivity contribution < 1.29 is 18.9 Å². The van der Waals surface area contributed by atoms with Crippen LogP contribution < -0.4 is 10.3 Å². The minimum Gasteiger partial charge on any atom is -0.453 e. The molecule has 7 nitrogen and oxygen atoms in total. The summed E-state index contributed by atoms with van der Waals surface area (Å²) < 4.78 is 26.3. The summed E-state index contributed by atoms with van der Waals surface area (Å²) in [4.78, 5) is 17.8. The minimum atomic E-state index is -0.620. The molecule has 2 aliphatic rings. The molecule has 0 N–H and O–H groups in total. The van der Waals surface area contributed by atoms with Crippen LogP contribution in [-0.4, -0.2) is 34.5 Å². The highest BCUT2D eigenvalue weighted by Gasteiger charge is 2.53. The number of rotatable bonds is 7. The molecule has 0 bridgehead atoms. The molecule has 1 unspecified atom stereocenters. The van der Waals surface area contributed by atoms with Gasteiger partial charge in [0.1, 0.15) is 12.2 Å². The van der Waals surface area contributed by atoms with Crippen molar-refractivity contribution in [3.8, 4) is 6.01 Å². The fraction of sp³-hybridized carbons (Fsp3) is 0.259. The Morgan fingerprint density at radius 2 is 1.53 bits per heavy atom. The lowest BCUT2D eigenvalue weighted by Gasteiger charge is -2.22. The number of fused-ring (bicyclic) bond motifs is 4. The van der Waals surface area contributed by atoms with Crippen LogP contribution in [0.15, 0.2) is 89.7 Å². The van der Waals surface area contributed by atoms with Crippen LogP contribution in [0.3, 0.4) is 0 Å². The van der Waals surface area contributed by atoms with Gasteiger partial charge in [-0.1, -0.05) is 72.8 Å². The van der Waals surface area contributed by atoms with Crippen LogP contribution in [0.2, 0.25) is 0 Å². The lowest BCUT2D eigenvalue weighted by Crippen LogP contribution is -2.38. The van der Waals surface area contributed by atoms with Gasteiger partial charge < -0.3 is 18.9 Å². The average Bonchev–Trinajstić information content (AvgIpc) is 3.39. The standard InChI is InChI=1S/C27H24N2O5/c30-25-20-13-7-8-14-21(20)28-27-29(25)26-24(34-27)23(32-16-19-11-5-2-6-12-19)22(33-26)17-31-15-18-9-3-1-4-10-18/h1-14,22-24,26H,15-17H2/t22-,23-,24+,26?/m0/s1. The van der Waals surface area contributed by atoms with Crippen molar-refractivity contribution in [2.75, 3.05) is 6.61 Å². The summed E-state index contributed by atoms with van der Waals surface area (Å²) in [5.74, 6) is 0. The van der Waals surface area contributed by atoms with Crippen molar-refractivity contribution in [2.24, 2.45) is 0 Å². The van der Waals surface area contributed by atoms with Crippen LogP contribution in [0.1, 0.15) is 17.4 Å². The molecule has 3 heterocycles. The van der Waals surface area contributed by atoms with Crippen molar-refractivity contribution >= 4 is 10.9 Å². The highest BCUT2D eigenvalue weighted by atomic mass is 16.6. The number of hydrogen-bond acceptors (Lipinski definition) is 6. The van der Waals surface area contributed by atoms with Gasteiger partial charge in [-0.3, -0.25) is 4.79 Å². The van der Waals surface area contributed by atoms with Crippen molar-refractivity contribution in [3.05, 3.63) is 106 Å². The Kier molecular flexibility index (Phi) is 5.58. The van der Waals surface area contributed by atoms with E-state index in [4.69, 9.17) is 18.9 Å². The van der Waals surface area contributed by atoms with E-state index in [0.29, 0.717) is 30.7 Å². The zero-order valence-corrected chi connectivity index (χ0v) is 18.4. The van der Waals surface area contributed by atoms with E-state index in [-0.39, 0.29) is 11.6 Å². The molecule has 0 aliphatic carbocycles. The average molecular weight is 456 g/mol.